The summed E-state index contributed by atoms with van der Waals surface area (Å²) in [5.41, 5.74) is 2.48. The molecule has 0 N–H and O–H groups in total. The first kappa shape index (κ1) is 17.6. The molecule has 0 radical (unpaired) electrons. The van der Waals surface area contributed by atoms with E-state index < -0.39 is 0 Å². The van der Waals surface area contributed by atoms with Gasteiger partial charge in [-0.2, -0.15) is 0 Å². The molecule has 1 aliphatic rings. The summed E-state index contributed by atoms with van der Waals surface area (Å²) in [7, 11) is 0. The molecule has 1 aliphatic heterocycles. The number of ether oxygens (including phenoxy) is 2. The predicted octanol–water partition coefficient (Wildman–Crippen LogP) is 3.81. The van der Waals surface area contributed by atoms with E-state index in [-0.39, 0.29) is 0 Å². The molecule has 1 heterocycles. The highest BCUT2D eigenvalue weighted by Gasteiger charge is 2.20. The highest BCUT2D eigenvalue weighted by atomic mass is 16.5. The molecule has 4 heteroatoms. The maximum absolute atomic E-state index is 5.78. The zero-order chi connectivity index (χ0) is 17.5. The van der Waals surface area contributed by atoms with Crippen molar-refractivity contribution in [3.8, 4) is 11.5 Å². The van der Waals surface area contributed by atoms with Crippen LogP contribution in [0.5, 0.6) is 11.5 Å². The quantitative estimate of drug-likeness (QED) is 0.765. The van der Waals surface area contributed by atoms with E-state index in [9.17, 15) is 0 Å². The molecule has 2 aromatic carbocycles. The fourth-order valence-electron chi connectivity index (χ4n) is 3.31. The maximum atomic E-state index is 5.78. The van der Waals surface area contributed by atoms with Crippen molar-refractivity contribution in [1.82, 2.24) is 4.90 Å². The number of hydrogen-bond acceptors (Lipinski definition) is 4. The molecule has 0 saturated carbocycles. The minimum Gasteiger partial charge on any atom is -0.494 e. The zero-order valence-corrected chi connectivity index (χ0v) is 15.3. The van der Waals surface area contributed by atoms with E-state index in [1.165, 1.54) is 11.3 Å². The van der Waals surface area contributed by atoms with Crippen molar-refractivity contribution >= 4 is 5.69 Å². The van der Waals surface area contributed by atoms with Crippen LogP contribution in [-0.2, 0) is 6.54 Å². The Hall–Kier alpha value is -2.20. The Labute approximate surface area is 151 Å². The maximum Gasteiger partial charge on any atom is 0.142 e. The summed E-state index contributed by atoms with van der Waals surface area (Å²) >= 11 is 0. The number of hydrogen-bond donors (Lipinski definition) is 0. The van der Waals surface area contributed by atoms with Gasteiger partial charge >= 0.3 is 0 Å². The smallest absolute Gasteiger partial charge is 0.142 e. The Morgan fingerprint density at radius 3 is 2.08 bits per heavy atom. The lowest BCUT2D eigenvalue weighted by atomic mass is 10.1. The Morgan fingerprint density at radius 2 is 1.36 bits per heavy atom. The van der Waals surface area contributed by atoms with E-state index in [0.29, 0.717) is 13.2 Å². The summed E-state index contributed by atoms with van der Waals surface area (Å²) in [6.45, 7) is 10.5. The van der Waals surface area contributed by atoms with E-state index >= 15 is 0 Å². The molecule has 0 amide bonds. The minimum atomic E-state index is 0.700. The van der Waals surface area contributed by atoms with Crippen LogP contribution in [0.2, 0.25) is 0 Å². The van der Waals surface area contributed by atoms with E-state index in [1.807, 2.05) is 26.0 Å². The van der Waals surface area contributed by atoms with Gasteiger partial charge in [0.1, 0.15) is 11.5 Å². The predicted molar refractivity (Wildman–Crippen MR) is 103 cm³/mol. The van der Waals surface area contributed by atoms with Gasteiger partial charge in [0.15, 0.2) is 0 Å². The third-order valence-electron chi connectivity index (χ3n) is 4.54. The van der Waals surface area contributed by atoms with E-state index in [4.69, 9.17) is 9.47 Å². The first-order valence-corrected chi connectivity index (χ1v) is 9.21. The topological polar surface area (TPSA) is 24.9 Å². The molecule has 3 rings (SSSR count). The third kappa shape index (κ3) is 4.45. The van der Waals surface area contributed by atoms with Crippen LogP contribution in [0.3, 0.4) is 0 Å². The molecule has 1 saturated heterocycles. The van der Waals surface area contributed by atoms with E-state index in [2.05, 4.69) is 46.2 Å². The first-order valence-electron chi connectivity index (χ1n) is 9.21. The van der Waals surface area contributed by atoms with Gasteiger partial charge in [-0.1, -0.05) is 30.3 Å². The molecule has 0 bridgehead atoms. The van der Waals surface area contributed by atoms with Crippen LogP contribution in [0.25, 0.3) is 0 Å². The van der Waals surface area contributed by atoms with Crippen LogP contribution < -0.4 is 14.4 Å². The summed E-state index contributed by atoms with van der Waals surface area (Å²) in [5.74, 6) is 1.99. The molecule has 0 atom stereocenters. The molecular weight excluding hydrogens is 312 g/mol. The normalized spacial score (nSPS) is 15.2. The SMILES string of the molecule is CCOc1ccccc1CN1CCN(c2ccccc2OCC)CC1. The van der Waals surface area contributed by atoms with Gasteiger partial charge in [-0.05, 0) is 32.0 Å². The summed E-state index contributed by atoms with van der Waals surface area (Å²) in [5, 5.41) is 0. The lowest BCUT2D eigenvalue weighted by Crippen LogP contribution is -2.46. The van der Waals surface area contributed by atoms with Crippen LogP contribution in [0.15, 0.2) is 48.5 Å². The number of para-hydroxylation sites is 3. The zero-order valence-electron chi connectivity index (χ0n) is 15.3. The second-order valence-corrected chi connectivity index (χ2v) is 6.20. The first-order chi connectivity index (χ1) is 12.3. The van der Waals surface area contributed by atoms with Crippen LogP contribution in [0, 0.1) is 0 Å². The number of rotatable bonds is 7. The second kappa shape index (κ2) is 8.77. The van der Waals surface area contributed by atoms with Crippen LogP contribution >= 0.6 is 0 Å². The Bertz CT molecular complexity index is 666. The highest BCUT2D eigenvalue weighted by molar-refractivity contribution is 5.58. The summed E-state index contributed by atoms with van der Waals surface area (Å²) in [4.78, 5) is 4.92. The van der Waals surface area contributed by atoms with Crippen LogP contribution in [-0.4, -0.2) is 44.3 Å². The third-order valence-corrected chi connectivity index (χ3v) is 4.54. The van der Waals surface area contributed by atoms with Crippen molar-refractivity contribution in [3.05, 3.63) is 54.1 Å². The van der Waals surface area contributed by atoms with Gasteiger partial charge < -0.3 is 14.4 Å². The molecule has 4 nitrogen and oxygen atoms in total. The van der Waals surface area contributed by atoms with Gasteiger partial charge in [0.2, 0.25) is 0 Å². The van der Waals surface area contributed by atoms with Crippen molar-refractivity contribution in [3.63, 3.8) is 0 Å². The Kier molecular flexibility index (Phi) is 6.18. The molecule has 0 aliphatic carbocycles. The van der Waals surface area contributed by atoms with Gasteiger partial charge in [0.25, 0.3) is 0 Å². The average molecular weight is 340 g/mol. The van der Waals surface area contributed by atoms with Crippen LogP contribution in [0.4, 0.5) is 5.69 Å². The van der Waals surface area contributed by atoms with Crippen molar-refractivity contribution in [2.75, 3.05) is 44.3 Å². The highest BCUT2D eigenvalue weighted by Crippen LogP contribution is 2.29. The van der Waals surface area contributed by atoms with Gasteiger partial charge in [-0.25, -0.2) is 0 Å². The molecule has 2 aromatic rings. The largest absolute Gasteiger partial charge is 0.494 e. The summed E-state index contributed by atoms with van der Waals surface area (Å²) in [6.07, 6.45) is 0. The molecule has 0 spiro atoms. The van der Waals surface area contributed by atoms with Gasteiger partial charge in [0, 0.05) is 38.3 Å². The molecular formula is C21H28N2O2. The van der Waals surface area contributed by atoms with Crippen molar-refractivity contribution in [1.29, 1.82) is 0 Å². The number of anilines is 1. The average Bonchev–Trinajstić information content (AvgIpc) is 2.65. The number of benzene rings is 2. The fourth-order valence-corrected chi connectivity index (χ4v) is 3.31. The van der Waals surface area contributed by atoms with Gasteiger partial charge in [0.05, 0.1) is 18.9 Å². The molecule has 1 fully saturated rings. The molecule has 134 valence electrons. The lowest BCUT2D eigenvalue weighted by molar-refractivity contribution is 0.242. The van der Waals surface area contributed by atoms with Gasteiger partial charge in [-0.15, -0.1) is 0 Å². The summed E-state index contributed by atoms with van der Waals surface area (Å²) < 4.78 is 11.5. The van der Waals surface area contributed by atoms with E-state index in [1.54, 1.807) is 0 Å². The second-order valence-electron chi connectivity index (χ2n) is 6.20. The van der Waals surface area contributed by atoms with Crippen LogP contribution in [0.1, 0.15) is 19.4 Å². The Balaban J connectivity index is 1.61. The molecule has 25 heavy (non-hydrogen) atoms. The molecule has 0 unspecified atom stereocenters. The van der Waals surface area contributed by atoms with Gasteiger partial charge in [-0.3, -0.25) is 4.90 Å². The monoisotopic (exact) mass is 340 g/mol. The van der Waals surface area contributed by atoms with Crippen molar-refractivity contribution in [2.45, 2.75) is 20.4 Å². The lowest BCUT2D eigenvalue weighted by Gasteiger charge is -2.36. The number of piperazine rings is 1. The standard InChI is InChI=1S/C21H28N2O2/c1-3-24-20-11-7-5-9-18(20)17-22-13-15-23(16-14-22)19-10-6-8-12-21(19)25-4-2/h5-12H,3-4,13-17H2,1-2H3. The van der Waals surface area contributed by atoms with Crippen molar-refractivity contribution < 1.29 is 9.47 Å². The van der Waals surface area contributed by atoms with Crippen molar-refractivity contribution in [2.24, 2.45) is 0 Å². The Morgan fingerprint density at radius 1 is 0.760 bits per heavy atom. The molecule has 0 aromatic heterocycles. The fraction of sp³-hybridized carbons (Fsp3) is 0.429. The van der Waals surface area contributed by atoms with E-state index in [0.717, 1.165) is 44.2 Å². The number of nitrogens with zero attached hydrogens (tertiary/aromatic N) is 2. The minimum absolute atomic E-state index is 0.700. The summed E-state index contributed by atoms with van der Waals surface area (Å²) in [6, 6.07) is 16.7.